The number of hydrogen-bond acceptors (Lipinski definition) is 5. The minimum absolute atomic E-state index is 0.00816. The average Bonchev–Trinajstić information content (AvgIpc) is 3.16. The van der Waals surface area contributed by atoms with Gasteiger partial charge < -0.3 is 14.9 Å². The second-order valence-corrected chi connectivity index (χ2v) is 13.5. The minimum atomic E-state index is -4.36. The summed E-state index contributed by atoms with van der Waals surface area (Å²) in [6.07, 6.45) is 0.377. The second kappa shape index (κ2) is 17.1. The van der Waals surface area contributed by atoms with Gasteiger partial charge in [0.1, 0.15) is 23.9 Å². The zero-order valence-electron chi connectivity index (χ0n) is 29.5. The number of aromatic nitrogens is 1. The number of fused-ring (bicyclic) bond motifs is 1. The Balaban J connectivity index is 1.12. The summed E-state index contributed by atoms with van der Waals surface area (Å²) in [6, 6.07) is 27.7. The maximum absolute atomic E-state index is 14.6. The van der Waals surface area contributed by atoms with E-state index in [-0.39, 0.29) is 29.7 Å². The Morgan fingerprint density at radius 1 is 0.741 bits per heavy atom. The van der Waals surface area contributed by atoms with Gasteiger partial charge in [0.25, 0.3) is 0 Å². The lowest BCUT2D eigenvalue weighted by molar-refractivity contribution is -0.137. The Labute approximate surface area is 310 Å². The van der Waals surface area contributed by atoms with Crippen LogP contribution in [0.1, 0.15) is 84.4 Å². The van der Waals surface area contributed by atoms with Crippen molar-refractivity contribution >= 4 is 11.9 Å². The first-order valence-electron chi connectivity index (χ1n) is 17.9. The molecule has 1 atom stereocenters. The van der Waals surface area contributed by atoms with Crippen molar-refractivity contribution in [2.45, 2.75) is 63.8 Å². The summed E-state index contributed by atoms with van der Waals surface area (Å²) in [5, 5.41) is 18.8. The molecule has 0 spiro atoms. The van der Waals surface area contributed by atoms with E-state index in [4.69, 9.17) is 4.74 Å². The molecule has 0 radical (unpaired) electrons. The molecule has 0 saturated carbocycles. The first-order valence-corrected chi connectivity index (χ1v) is 17.9. The molecule has 2 N–H and O–H groups in total. The van der Waals surface area contributed by atoms with Crippen molar-refractivity contribution in [3.8, 4) is 5.75 Å². The van der Waals surface area contributed by atoms with Crippen LogP contribution in [-0.2, 0) is 44.9 Å². The maximum Gasteiger partial charge on any atom is 0.416 e. The molecule has 280 valence electrons. The molecular formula is C43H40F4N2O5. The quantitative estimate of drug-likeness (QED) is 0.103. The van der Waals surface area contributed by atoms with E-state index in [0.29, 0.717) is 56.5 Å². The molecule has 5 aromatic rings. The smallest absolute Gasteiger partial charge is 0.416 e. The number of pyridine rings is 1. The SMILES string of the molecule is O=C(O)c1ccc(CCN(CCc2cc(F)ccc2OCc2ccc(CCc3ccc(C(F)(F)F)cc3)cc2)C2CCCc3nc(C(=O)O)ccc32)cc1. The normalized spacial score (nSPS) is 14.1. The third-order valence-corrected chi connectivity index (χ3v) is 9.90. The Hall–Kier alpha value is -5.55. The molecule has 7 nitrogen and oxygen atoms in total. The first-order chi connectivity index (χ1) is 25.9. The molecule has 1 aliphatic carbocycles. The van der Waals surface area contributed by atoms with Gasteiger partial charge >= 0.3 is 18.1 Å². The molecule has 0 amide bonds. The van der Waals surface area contributed by atoms with Crippen LogP contribution in [0.2, 0.25) is 0 Å². The number of aromatic carboxylic acids is 2. The number of alkyl halides is 3. The van der Waals surface area contributed by atoms with Gasteiger partial charge in [-0.3, -0.25) is 4.90 Å². The van der Waals surface area contributed by atoms with Crippen LogP contribution in [0.4, 0.5) is 17.6 Å². The van der Waals surface area contributed by atoms with Gasteiger partial charge in [-0.25, -0.2) is 19.0 Å². The van der Waals surface area contributed by atoms with Gasteiger partial charge in [-0.1, -0.05) is 54.6 Å². The molecule has 0 saturated heterocycles. The fraction of sp³-hybridized carbons (Fsp3) is 0.279. The molecule has 0 fully saturated rings. The number of aryl methyl sites for hydroxylation is 3. The molecule has 1 aliphatic rings. The molecule has 1 heterocycles. The third kappa shape index (κ3) is 9.90. The van der Waals surface area contributed by atoms with Gasteiger partial charge in [0.05, 0.1) is 11.1 Å². The van der Waals surface area contributed by atoms with Crippen LogP contribution in [0.25, 0.3) is 0 Å². The van der Waals surface area contributed by atoms with Crippen molar-refractivity contribution in [2.75, 3.05) is 13.1 Å². The summed E-state index contributed by atoms with van der Waals surface area (Å²) < 4.78 is 59.5. The number of ether oxygens (including phenoxy) is 1. The molecule has 0 aliphatic heterocycles. The molecule has 1 unspecified atom stereocenters. The molecule has 6 rings (SSSR count). The summed E-state index contributed by atoms with van der Waals surface area (Å²) in [6.45, 7) is 1.42. The number of carbonyl (C=O) groups is 2. The van der Waals surface area contributed by atoms with E-state index < -0.39 is 23.7 Å². The lowest BCUT2D eigenvalue weighted by atomic mass is 9.89. The molecule has 11 heteroatoms. The largest absolute Gasteiger partial charge is 0.489 e. The van der Waals surface area contributed by atoms with Crippen LogP contribution < -0.4 is 4.74 Å². The van der Waals surface area contributed by atoms with Gasteiger partial charge in [0, 0.05) is 24.8 Å². The topological polar surface area (TPSA) is 100.0 Å². The highest BCUT2D eigenvalue weighted by Gasteiger charge is 2.30. The van der Waals surface area contributed by atoms with Gasteiger partial charge in [-0.2, -0.15) is 13.2 Å². The molecule has 0 bridgehead atoms. The number of nitrogens with zero attached hydrogens (tertiary/aromatic N) is 2. The minimum Gasteiger partial charge on any atom is -0.489 e. The van der Waals surface area contributed by atoms with Crippen LogP contribution in [-0.4, -0.2) is 45.1 Å². The van der Waals surface area contributed by atoms with Gasteiger partial charge in [-0.05, 0) is 127 Å². The zero-order valence-corrected chi connectivity index (χ0v) is 29.5. The van der Waals surface area contributed by atoms with E-state index in [9.17, 15) is 37.4 Å². The van der Waals surface area contributed by atoms with Crippen molar-refractivity contribution in [3.63, 3.8) is 0 Å². The predicted octanol–water partition coefficient (Wildman–Crippen LogP) is 9.16. The predicted molar refractivity (Wildman–Crippen MR) is 195 cm³/mol. The van der Waals surface area contributed by atoms with E-state index in [1.165, 1.54) is 30.3 Å². The second-order valence-electron chi connectivity index (χ2n) is 13.5. The van der Waals surface area contributed by atoms with Crippen LogP contribution in [0.5, 0.6) is 5.75 Å². The maximum atomic E-state index is 14.6. The van der Waals surface area contributed by atoms with Gasteiger partial charge in [-0.15, -0.1) is 0 Å². The van der Waals surface area contributed by atoms with Crippen molar-refractivity contribution in [1.82, 2.24) is 9.88 Å². The Morgan fingerprint density at radius 3 is 2.00 bits per heavy atom. The first kappa shape index (κ1) is 38.2. The highest BCUT2D eigenvalue weighted by atomic mass is 19.4. The van der Waals surface area contributed by atoms with Crippen LogP contribution in [0, 0.1) is 5.82 Å². The number of carboxylic acids is 2. The Bertz CT molecular complexity index is 2070. The number of rotatable bonds is 15. The van der Waals surface area contributed by atoms with Crippen LogP contribution in [0.3, 0.4) is 0 Å². The number of hydrogen-bond donors (Lipinski definition) is 2. The monoisotopic (exact) mass is 740 g/mol. The summed E-state index contributed by atoms with van der Waals surface area (Å²) >= 11 is 0. The van der Waals surface area contributed by atoms with E-state index in [2.05, 4.69) is 9.88 Å². The van der Waals surface area contributed by atoms with Gasteiger partial charge in [0.15, 0.2) is 0 Å². The molecule has 4 aromatic carbocycles. The van der Waals surface area contributed by atoms with Crippen molar-refractivity contribution in [1.29, 1.82) is 0 Å². The number of carboxylic acid groups (broad SMARTS) is 2. The van der Waals surface area contributed by atoms with Crippen LogP contribution in [0.15, 0.2) is 103 Å². The Kier molecular flexibility index (Phi) is 12.1. The van der Waals surface area contributed by atoms with Gasteiger partial charge in [0.2, 0.25) is 0 Å². The molecule has 1 aromatic heterocycles. The third-order valence-electron chi connectivity index (χ3n) is 9.90. The summed E-state index contributed by atoms with van der Waals surface area (Å²) in [7, 11) is 0. The standard InChI is InChI=1S/C43H40F4N2O5/c44-35-18-21-40(54-27-31-8-6-28(7-9-31)4-5-29-12-16-34(17-13-29)43(45,46)47)33(26-35)23-25-49(24-22-30-10-14-32(15-11-30)41(50)51)39-3-1-2-37-36(39)19-20-38(48-37)42(52)53/h6-21,26,39H,1-5,22-25,27H2,(H,50,51)(H,52,53). The van der Waals surface area contributed by atoms with E-state index in [1.807, 2.05) is 42.5 Å². The van der Waals surface area contributed by atoms with E-state index in [0.717, 1.165) is 58.5 Å². The fourth-order valence-electron chi connectivity index (χ4n) is 6.90. The molecule has 54 heavy (non-hydrogen) atoms. The van der Waals surface area contributed by atoms with Crippen molar-refractivity contribution < 1.29 is 42.1 Å². The highest BCUT2D eigenvalue weighted by Crippen LogP contribution is 2.35. The molecular weight excluding hydrogens is 700 g/mol. The average molecular weight is 741 g/mol. The van der Waals surface area contributed by atoms with Crippen molar-refractivity contribution in [3.05, 3.63) is 165 Å². The number of halogens is 4. The van der Waals surface area contributed by atoms with E-state index >= 15 is 0 Å². The summed E-state index contributed by atoms with van der Waals surface area (Å²) in [4.78, 5) is 29.7. The summed E-state index contributed by atoms with van der Waals surface area (Å²) in [5.41, 5.74) is 5.75. The Morgan fingerprint density at radius 2 is 1.35 bits per heavy atom. The summed E-state index contributed by atoms with van der Waals surface area (Å²) in [5.74, 6) is -1.89. The highest BCUT2D eigenvalue weighted by molar-refractivity contribution is 5.87. The number of benzene rings is 4. The van der Waals surface area contributed by atoms with Crippen molar-refractivity contribution in [2.24, 2.45) is 0 Å². The van der Waals surface area contributed by atoms with Crippen LogP contribution >= 0.6 is 0 Å². The lowest BCUT2D eigenvalue weighted by Crippen LogP contribution is -2.35. The fourth-order valence-corrected chi connectivity index (χ4v) is 6.90. The zero-order chi connectivity index (χ0) is 38.2. The van der Waals surface area contributed by atoms with E-state index in [1.54, 1.807) is 18.2 Å². The lowest BCUT2D eigenvalue weighted by Gasteiger charge is -2.36.